The topological polar surface area (TPSA) is 43.4 Å². The fraction of sp³-hybridized carbons (Fsp3) is 0.176. The van der Waals surface area contributed by atoms with Gasteiger partial charge in [0.1, 0.15) is 5.75 Å². The van der Waals surface area contributed by atoms with Crippen molar-refractivity contribution < 1.29 is 14.3 Å². The van der Waals surface area contributed by atoms with Gasteiger partial charge in [0, 0.05) is 10.6 Å². The van der Waals surface area contributed by atoms with Crippen LogP contribution in [0.25, 0.3) is 0 Å². The van der Waals surface area contributed by atoms with Gasteiger partial charge >= 0.3 is 0 Å². The average Bonchev–Trinajstić information content (AvgIpc) is 2.55. The fourth-order valence-corrected chi connectivity index (χ4v) is 2.29. The molecule has 2 rings (SSSR count). The van der Waals surface area contributed by atoms with E-state index in [0.717, 1.165) is 0 Å². The lowest BCUT2D eigenvalue weighted by Crippen LogP contribution is -2.35. The van der Waals surface area contributed by atoms with E-state index in [0.29, 0.717) is 16.3 Å². The van der Waals surface area contributed by atoms with Gasteiger partial charge in [-0.15, -0.1) is 11.6 Å². The zero-order chi connectivity index (χ0) is 16.1. The van der Waals surface area contributed by atoms with Gasteiger partial charge in [-0.05, 0) is 31.2 Å². The van der Waals surface area contributed by atoms with E-state index in [4.69, 9.17) is 27.9 Å². The standard InChI is InChI=1S/C17H14Cl2O3/c1-11(22-14-9-7-13(18)8-10-14)16(20)15(19)17(21)12-5-3-2-4-6-12/h2-11,15H,1H3/t11-,15+/m1/s1. The number of hydrogen-bond donors (Lipinski definition) is 0. The molecule has 5 heteroatoms. The van der Waals surface area contributed by atoms with Gasteiger partial charge in [-0.3, -0.25) is 9.59 Å². The van der Waals surface area contributed by atoms with Crippen molar-refractivity contribution in [2.75, 3.05) is 0 Å². The average molecular weight is 337 g/mol. The third-order valence-electron chi connectivity index (χ3n) is 3.07. The van der Waals surface area contributed by atoms with Gasteiger partial charge in [0.15, 0.2) is 23.0 Å². The molecule has 2 atom stereocenters. The lowest BCUT2D eigenvalue weighted by molar-refractivity contribution is -0.123. The van der Waals surface area contributed by atoms with Crippen molar-refractivity contribution >= 4 is 34.8 Å². The van der Waals surface area contributed by atoms with E-state index in [1.807, 2.05) is 0 Å². The number of benzene rings is 2. The van der Waals surface area contributed by atoms with Crippen LogP contribution in [0, 0.1) is 0 Å². The number of ether oxygens (including phenoxy) is 1. The molecule has 0 aliphatic rings. The summed E-state index contributed by atoms with van der Waals surface area (Å²) in [6.07, 6.45) is -0.837. The molecule has 114 valence electrons. The van der Waals surface area contributed by atoms with E-state index in [-0.39, 0.29) is 0 Å². The molecule has 0 amide bonds. The van der Waals surface area contributed by atoms with E-state index in [9.17, 15) is 9.59 Å². The molecule has 3 nitrogen and oxygen atoms in total. The number of rotatable bonds is 6. The summed E-state index contributed by atoms with van der Waals surface area (Å²) in [4.78, 5) is 24.4. The molecule has 0 spiro atoms. The van der Waals surface area contributed by atoms with Crippen LogP contribution >= 0.6 is 23.2 Å². The highest BCUT2D eigenvalue weighted by Gasteiger charge is 2.30. The van der Waals surface area contributed by atoms with Crippen LogP contribution < -0.4 is 4.74 Å². The number of hydrogen-bond acceptors (Lipinski definition) is 3. The van der Waals surface area contributed by atoms with Crippen molar-refractivity contribution in [1.82, 2.24) is 0 Å². The van der Waals surface area contributed by atoms with Gasteiger partial charge in [0.05, 0.1) is 0 Å². The summed E-state index contributed by atoms with van der Waals surface area (Å²) < 4.78 is 5.49. The smallest absolute Gasteiger partial charge is 0.198 e. The Morgan fingerprint density at radius 3 is 2.18 bits per heavy atom. The molecule has 0 radical (unpaired) electrons. The molecule has 2 aromatic carbocycles. The van der Waals surface area contributed by atoms with Crippen molar-refractivity contribution in [2.24, 2.45) is 0 Å². The number of carbonyl (C=O) groups excluding carboxylic acids is 2. The Morgan fingerprint density at radius 2 is 1.59 bits per heavy atom. The Kier molecular flexibility index (Phi) is 5.58. The van der Waals surface area contributed by atoms with Crippen LogP contribution in [0.4, 0.5) is 0 Å². The lowest BCUT2D eigenvalue weighted by Gasteiger charge is -2.16. The van der Waals surface area contributed by atoms with Gasteiger partial charge in [-0.25, -0.2) is 0 Å². The van der Waals surface area contributed by atoms with E-state index >= 15 is 0 Å². The second-order valence-corrected chi connectivity index (χ2v) is 5.58. The maximum Gasteiger partial charge on any atom is 0.198 e. The first-order chi connectivity index (χ1) is 10.5. The number of carbonyl (C=O) groups is 2. The molecule has 0 aliphatic carbocycles. The maximum atomic E-state index is 12.2. The van der Waals surface area contributed by atoms with Gasteiger partial charge in [0.25, 0.3) is 0 Å². The highest BCUT2D eigenvalue weighted by atomic mass is 35.5. The zero-order valence-electron chi connectivity index (χ0n) is 11.8. The fourth-order valence-electron chi connectivity index (χ4n) is 1.86. The molecule has 0 aliphatic heterocycles. The second kappa shape index (κ2) is 7.43. The molecule has 0 unspecified atom stereocenters. The van der Waals surface area contributed by atoms with Gasteiger partial charge in [-0.2, -0.15) is 0 Å². The normalized spacial score (nSPS) is 13.2. The maximum absolute atomic E-state index is 12.2. The monoisotopic (exact) mass is 336 g/mol. The van der Waals surface area contributed by atoms with Gasteiger partial charge < -0.3 is 4.74 Å². The van der Waals surface area contributed by atoms with Crippen LogP contribution in [-0.4, -0.2) is 23.0 Å². The molecule has 22 heavy (non-hydrogen) atoms. The highest BCUT2D eigenvalue weighted by Crippen LogP contribution is 2.19. The van der Waals surface area contributed by atoms with Crippen molar-refractivity contribution in [3.63, 3.8) is 0 Å². The molecule has 0 saturated carbocycles. The first-order valence-corrected chi connectivity index (χ1v) is 7.50. The van der Waals surface area contributed by atoms with Crippen molar-refractivity contribution in [3.05, 3.63) is 65.2 Å². The number of ketones is 2. The molecule has 0 N–H and O–H groups in total. The van der Waals surface area contributed by atoms with E-state index in [1.54, 1.807) is 61.5 Å². The third-order valence-corrected chi connectivity index (χ3v) is 3.73. The predicted octanol–water partition coefficient (Wildman–Crippen LogP) is 4.17. The Labute approximate surface area is 138 Å². The minimum atomic E-state index is -1.27. The van der Waals surface area contributed by atoms with Gasteiger partial charge in [-0.1, -0.05) is 41.9 Å². The van der Waals surface area contributed by atoms with Crippen molar-refractivity contribution in [1.29, 1.82) is 0 Å². The van der Waals surface area contributed by atoms with Crippen molar-refractivity contribution in [2.45, 2.75) is 18.4 Å². The van der Waals surface area contributed by atoms with Crippen LogP contribution in [-0.2, 0) is 4.79 Å². The van der Waals surface area contributed by atoms with E-state index < -0.39 is 23.0 Å². The van der Waals surface area contributed by atoms with E-state index in [1.165, 1.54) is 0 Å². The molecule has 0 aromatic heterocycles. The molecule has 0 fully saturated rings. The summed E-state index contributed by atoms with van der Waals surface area (Å²) in [5.74, 6) is -0.425. The molecule has 0 heterocycles. The Morgan fingerprint density at radius 1 is 1.00 bits per heavy atom. The predicted molar refractivity (Wildman–Crippen MR) is 87.0 cm³/mol. The summed E-state index contributed by atoms with van der Waals surface area (Å²) >= 11 is 11.8. The summed E-state index contributed by atoms with van der Waals surface area (Å²) in [6.45, 7) is 1.56. The van der Waals surface area contributed by atoms with Gasteiger partial charge in [0.2, 0.25) is 0 Å². The zero-order valence-corrected chi connectivity index (χ0v) is 13.3. The summed E-state index contributed by atoms with van der Waals surface area (Å²) in [5.41, 5.74) is 0.398. The Bertz CT molecular complexity index is 653. The first kappa shape index (κ1) is 16.5. The minimum Gasteiger partial charge on any atom is -0.483 e. The largest absolute Gasteiger partial charge is 0.483 e. The summed E-state index contributed by atoms with van der Waals surface area (Å²) in [6, 6.07) is 15.1. The first-order valence-electron chi connectivity index (χ1n) is 6.68. The lowest BCUT2D eigenvalue weighted by atomic mass is 10.0. The highest BCUT2D eigenvalue weighted by molar-refractivity contribution is 6.44. The molecule has 0 saturated heterocycles. The van der Waals surface area contributed by atoms with Crippen LogP contribution in [0.1, 0.15) is 17.3 Å². The number of halogens is 2. The van der Waals surface area contributed by atoms with E-state index in [2.05, 4.69) is 0 Å². The van der Waals surface area contributed by atoms with Crippen LogP contribution in [0.2, 0.25) is 5.02 Å². The van der Waals surface area contributed by atoms with Crippen LogP contribution in [0.3, 0.4) is 0 Å². The quantitative estimate of drug-likeness (QED) is 0.451. The Balaban J connectivity index is 2.03. The number of Topliss-reactive ketones (excluding diaryl/α,β-unsaturated/α-hetero) is 2. The molecule has 0 bridgehead atoms. The molecular weight excluding hydrogens is 323 g/mol. The molecular formula is C17H14Cl2O3. The van der Waals surface area contributed by atoms with Crippen LogP contribution in [0.5, 0.6) is 5.75 Å². The number of alkyl halides is 1. The molecule has 2 aromatic rings. The van der Waals surface area contributed by atoms with Crippen molar-refractivity contribution in [3.8, 4) is 5.75 Å². The summed E-state index contributed by atoms with van der Waals surface area (Å²) in [7, 11) is 0. The SMILES string of the molecule is C[C@@H](Oc1ccc(Cl)cc1)C(=O)[C@H](Cl)C(=O)c1ccccc1. The van der Waals surface area contributed by atoms with Crippen LogP contribution in [0.15, 0.2) is 54.6 Å². The summed E-state index contributed by atoms with van der Waals surface area (Å²) in [5, 5.41) is -0.703. The minimum absolute atomic E-state index is 0.398. The second-order valence-electron chi connectivity index (χ2n) is 4.71. The Hall–Kier alpha value is -1.84. The third kappa shape index (κ3) is 4.09.